The van der Waals surface area contributed by atoms with Crippen LogP contribution < -0.4 is 31.9 Å². The van der Waals surface area contributed by atoms with Crippen molar-refractivity contribution in [2.24, 2.45) is 0 Å². The summed E-state index contributed by atoms with van der Waals surface area (Å²) in [6.45, 7) is 15.7. The molecule has 0 saturated carbocycles. The SMILES string of the molecule is CCCCCCCCCCCCCCCC(=O)NC(CCC(=O)NCCOCCOCCC(=O)NCCOCCOCCC(=O)NCCCCC(NC(C)CC)C(=O)NC(C)(C)C)C(=O)O. The van der Waals surface area contributed by atoms with Gasteiger partial charge in [-0.3, -0.25) is 24.0 Å². The molecule has 0 rings (SSSR count). The molecule has 0 saturated heterocycles. The molecule has 7 N–H and O–H groups in total. The summed E-state index contributed by atoms with van der Waals surface area (Å²) < 4.78 is 21.9. The van der Waals surface area contributed by atoms with Gasteiger partial charge in [0.25, 0.3) is 0 Å². The van der Waals surface area contributed by atoms with Crippen LogP contribution in [0.15, 0.2) is 0 Å². The Morgan fingerprint density at radius 3 is 1.41 bits per heavy atom. The number of rotatable bonds is 46. The number of nitrogens with one attached hydrogen (secondary N) is 6. The van der Waals surface area contributed by atoms with Crippen LogP contribution in [-0.4, -0.2) is 137 Å². The summed E-state index contributed by atoms with van der Waals surface area (Å²) >= 11 is 0. The molecule has 0 spiro atoms. The van der Waals surface area contributed by atoms with Crippen molar-refractivity contribution in [1.82, 2.24) is 31.9 Å². The summed E-state index contributed by atoms with van der Waals surface area (Å²) in [5.74, 6) is -2.03. The van der Waals surface area contributed by atoms with Crippen molar-refractivity contribution in [1.29, 1.82) is 0 Å². The Labute approximate surface area is 398 Å². The number of hydrogen-bond acceptors (Lipinski definition) is 11. The van der Waals surface area contributed by atoms with Crippen molar-refractivity contribution in [2.45, 2.75) is 206 Å². The molecule has 0 radical (unpaired) electrons. The fourth-order valence-electron chi connectivity index (χ4n) is 6.78. The first-order valence-corrected chi connectivity index (χ1v) is 25.4. The van der Waals surface area contributed by atoms with Gasteiger partial charge in [0.15, 0.2) is 0 Å². The summed E-state index contributed by atoms with van der Waals surface area (Å²) in [7, 11) is 0. The lowest BCUT2D eigenvalue weighted by molar-refractivity contribution is -0.142. The third-order valence-corrected chi connectivity index (χ3v) is 10.8. The maximum Gasteiger partial charge on any atom is 0.326 e. The maximum atomic E-state index is 12.7. The summed E-state index contributed by atoms with van der Waals surface area (Å²) in [5, 5.41) is 26.9. The first-order valence-electron chi connectivity index (χ1n) is 25.4. The Morgan fingerprint density at radius 2 is 0.939 bits per heavy atom. The predicted octanol–water partition coefficient (Wildman–Crippen LogP) is 5.85. The molecule has 3 unspecified atom stereocenters. The summed E-state index contributed by atoms with van der Waals surface area (Å²) in [4.78, 5) is 73.1. The number of ether oxygens (including phenoxy) is 4. The molecule has 386 valence electrons. The van der Waals surface area contributed by atoms with Gasteiger partial charge >= 0.3 is 5.97 Å². The van der Waals surface area contributed by atoms with Gasteiger partial charge < -0.3 is 56.0 Å². The smallest absolute Gasteiger partial charge is 0.326 e. The lowest BCUT2D eigenvalue weighted by Crippen LogP contribution is -2.52. The zero-order valence-corrected chi connectivity index (χ0v) is 42.1. The van der Waals surface area contributed by atoms with Crippen molar-refractivity contribution >= 4 is 35.5 Å². The van der Waals surface area contributed by atoms with Crippen molar-refractivity contribution in [3.63, 3.8) is 0 Å². The highest BCUT2D eigenvalue weighted by atomic mass is 16.5. The maximum absolute atomic E-state index is 12.7. The first-order chi connectivity index (χ1) is 31.7. The molecule has 17 heteroatoms. The van der Waals surface area contributed by atoms with Gasteiger partial charge in [-0.15, -0.1) is 0 Å². The van der Waals surface area contributed by atoms with Gasteiger partial charge in [0.1, 0.15) is 6.04 Å². The van der Waals surface area contributed by atoms with Crippen molar-refractivity contribution in [3.8, 4) is 0 Å². The molecule has 0 aromatic carbocycles. The fraction of sp³-hybridized carbons (Fsp3) is 0.878. The molecule has 0 aromatic rings. The van der Waals surface area contributed by atoms with E-state index in [4.69, 9.17) is 18.9 Å². The molecule has 0 aliphatic rings. The number of hydrogen-bond donors (Lipinski definition) is 7. The highest BCUT2D eigenvalue weighted by Crippen LogP contribution is 2.13. The minimum absolute atomic E-state index is 0.00190. The van der Waals surface area contributed by atoms with Gasteiger partial charge in [0, 0.05) is 56.9 Å². The Kier molecular flexibility index (Phi) is 40.7. The largest absolute Gasteiger partial charge is 0.480 e. The molecule has 0 aromatic heterocycles. The minimum Gasteiger partial charge on any atom is -0.480 e. The van der Waals surface area contributed by atoms with E-state index in [-0.39, 0.29) is 119 Å². The molecule has 0 heterocycles. The highest BCUT2D eigenvalue weighted by molar-refractivity contribution is 5.84. The Hall–Kier alpha value is -3.38. The van der Waals surface area contributed by atoms with E-state index in [1.54, 1.807) is 0 Å². The van der Waals surface area contributed by atoms with E-state index in [0.29, 0.717) is 39.3 Å². The zero-order valence-electron chi connectivity index (χ0n) is 42.1. The van der Waals surface area contributed by atoms with E-state index in [9.17, 15) is 33.9 Å². The van der Waals surface area contributed by atoms with E-state index in [2.05, 4.69) is 52.7 Å². The van der Waals surface area contributed by atoms with Crippen LogP contribution in [0, 0.1) is 0 Å². The molecule has 5 amide bonds. The average Bonchev–Trinajstić information content (AvgIpc) is 3.26. The number of aliphatic carboxylic acids is 1. The van der Waals surface area contributed by atoms with Gasteiger partial charge in [-0.05, 0) is 66.2 Å². The van der Waals surface area contributed by atoms with Crippen LogP contribution in [0.3, 0.4) is 0 Å². The Balaban J connectivity index is 3.73. The van der Waals surface area contributed by atoms with E-state index >= 15 is 0 Å². The normalized spacial score (nSPS) is 12.8. The number of carboxylic acids is 1. The predicted molar refractivity (Wildman–Crippen MR) is 259 cm³/mol. The second-order valence-corrected chi connectivity index (χ2v) is 18.3. The number of carboxylic acid groups (broad SMARTS) is 1. The molecule has 17 nitrogen and oxygen atoms in total. The molecular weight excluding hydrogens is 849 g/mol. The summed E-state index contributed by atoms with van der Waals surface area (Å²) in [6, 6.07) is -1.14. The van der Waals surface area contributed by atoms with Crippen LogP contribution in [0.1, 0.15) is 183 Å². The lowest BCUT2D eigenvalue weighted by atomic mass is 10.0. The van der Waals surface area contributed by atoms with Crippen molar-refractivity contribution in [3.05, 3.63) is 0 Å². The minimum atomic E-state index is -1.16. The van der Waals surface area contributed by atoms with E-state index in [1.807, 2.05) is 20.8 Å². The zero-order chi connectivity index (χ0) is 49.1. The van der Waals surface area contributed by atoms with E-state index in [1.165, 1.54) is 64.2 Å². The van der Waals surface area contributed by atoms with Crippen LogP contribution in [0.25, 0.3) is 0 Å². The van der Waals surface area contributed by atoms with Crippen LogP contribution in [0.2, 0.25) is 0 Å². The molecule has 0 fully saturated rings. The summed E-state index contributed by atoms with van der Waals surface area (Å²) in [5.41, 5.74) is -0.297. The number of carbonyl (C=O) groups excluding carboxylic acids is 5. The van der Waals surface area contributed by atoms with Gasteiger partial charge in [-0.1, -0.05) is 90.9 Å². The van der Waals surface area contributed by atoms with Gasteiger partial charge in [-0.25, -0.2) is 4.79 Å². The fourth-order valence-corrected chi connectivity index (χ4v) is 6.78. The monoisotopic (exact) mass is 943 g/mol. The molecule has 0 aliphatic heterocycles. The van der Waals surface area contributed by atoms with Gasteiger partial charge in [-0.2, -0.15) is 0 Å². The second kappa shape index (κ2) is 42.9. The third-order valence-electron chi connectivity index (χ3n) is 10.8. The quantitative estimate of drug-likeness (QED) is 0.0356. The van der Waals surface area contributed by atoms with Crippen LogP contribution in [0.4, 0.5) is 0 Å². The molecule has 3 atom stereocenters. The second-order valence-electron chi connectivity index (χ2n) is 18.3. The molecular formula is C49H94N6O11. The molecule has 0 aliphatic carbocycles. The number of carbonyl (C=O) groups is 6. The topological polar surface area (TPSA) is 232 Å². The van der Waals surface area contributed by atoms with Crippen LogP contribution in [0.5, 0.6) is 0 Å². The van der Waals surface area contributed by atoms with Gasteiger partial charge in [0.2, 0.25) is 29.5 Å². The average molecular weight is 943 g/mol. The standard InChI is InChI=1S/C49H94N6O11/c1-7-9-10-11-12-13-14-15-16-17-18-19-20-24-46(59)54-42(48(61)62)25-26-43(56)51-30-34-65-38-37-64-33-28-45(58)52-31-35-66-39-36-63-32-27-44(57)50-29-22-21-23-41(53-40(3)8-2)47(60)55-49(4,5)6/h40-42,53H,7-39H2,1-6H3,(H,50,57)(H,51,56)(H,52,58)(H,54,59)(H,55,60)(H,61,62). The van der Waals surface area contributed by atoms with Crippen LogP contribution >= 0.6 is 0 Å². The number of amides is 5. The van der Waals surface area contributed by atoms with Crippen molar-refractivity contribution < 1.29 is 52.8 Å². The lowest BCUT2D eigenvalue weighted by Gasteiger charge is -2.27. The van der Waals surface area contributed by atoms with Crippen molar-refractivity contribution in [2.75, 3.05) is 72.5 Å². The Bertz CT molecular complexity index is 1270. The summed E-state index contributed by atoms with van der Waals surface area (Å²) in [6.07, 6.45) is 19.6. The highest BCUT2D eigenvalue weighted by Gasteiger charge is 2.24. The molecule has 0 bridgehead atoms. The third kappa shape index (κ3) is 42.0. The molecule has 66 heavy (non-hydrogen) atoms. The Morgan fingerprint density at radius 1 is 0.485 bits per heavy atom. The first kappa shape index (κ1) is 62.6. The van der Waals surface area contributed by atoms with Crippen LogP contribution in [-0.2, 0) is 47.7 Å². The van der Waals surface area contributed by atoms with Gasteiger partial charge in [0.05, 0.1) is 58.9 Å². The van der Waals surface area contributed by atoms with E-state index < -0.39 is 12.0 Å². The van der Waals surface area contributed by atoms with E-state index in [0.717, 1.165) is 38.5 Å². The number of unbranched alkanes of at least 4 members (excludes halogenated alkanes) is 13.